The zero-order chi connectivity index (χ0) is 14.2. The van der Waals surface area contributed by atoms with Gasteiger partial charge in [0.1, 0.15) is 0 Å². The van der Waals surface area contributed by atoms with Crippen LogP contribution in [0.4, 0.5) is 0 Å². The van der Waals surface area contributed by atoms with Gasteiger partial charge in [-0.15, -0.1) is 0 Å². The average Bonchev–Trinajstić information content (AvgIpc) is 2.27. The molecule has 0 atom stereocenters. The first kappa shape index (κ1) is 12.9. The van der Waals surface area contributed by atoms with Gasteiger partial charge in [-0.3, -0.25) is 14.6 Å². The Labute approximate surface area is 110 Å². The van der Waals surface area contributed by atoms with Gasteiger partial charge in [0, 0.05) is 5.02 Å². The second-order valence-electron chi connectivity index (χ2n) is 3.64. The Morgan fingerprint density at radius 2 is 2.05 bits per heavy atom. The number of aromatic amines is 1. The predicted molar refractivity (Wildman–Crippen MR) is 67.9 cm³/mol. The summed E-state index contributed by atoms with van der Waals surface area (Å²) in [5.41, 5.74) is 2.52. The van der Waals surface area contributed by atoms with Gasteiger partial charge in [-0.1, -0.05) is 17.7 Å². The molecule has 0 fully saturated rings. The number of amides is 1. The van der Waals surface area contributed by atoms with Gasteiger partial charge in [-0.05, 0) is 18.2 Å². The first-order valence-electron chi connectivity index (χ1n) is 5.06. The highest BCUT2D eigenvalue weighted by Gasteiger charge is 2.19. The van der Waals surface area contributed by atoms with Crippen molar-refractivity contribution in [1.82, 2.24) is 9.55 Å². The maximum atomic E-state index is 11.7. The number of nitrogens with zero attached hydrogens (tertiary/aromatic N) is 1. The van der Waals surface area contributed by atoms with Gasteiger partial charge in [-0.2, -0.15) is 0 Å². The van der Waals surface area contributed by atoms with E-state index in [1.54, 1.807) is 12.1 Å². The van der Waals surface area contributed by atoms with E-state index in [2.05, 4.69) is 0 Å². The lowest BCUT2D eigenvalue weighted by Gasteiger charge is -2.09. The molecule has 19 heavy (non-hydrogen) atoms. The molecule has 1 aromatic heterocycles. The number of halogens is 1. The summed E-state index contributed by atoms with van der Waals surface area (Å²) in [7, 11) is 0. The number of primary amides is 1. The third kappa shape index (κ3) is 2.23. The second kappa shape index (κ2) is 4.62. The number of carbonyl (C=O) groups is 1. The molecular weight excluding hydrogens is 274 g/mol. The van der Waals surface area contributed by atoms with Gasteiger partial charge in [0.05, 0.1) is 5.69 Å². The number of hydrogen-bond acceptors (Lipinski definition) is 4. The lowest BCUT2D eigenvalue weighted by atomic mass is 10.2. The molecule has 0 saturated carbocycles. The van der Waals surface area contributed by atoms with Crippen LogP contribution >= 0.6 is 11.6 Å². The Hall–Kier alpha value is -2.54. The Balaban J connectivity index is 2.85. The summed E-state index contributed by atoms with van der Waals surface area (Å²) in [6.07, 6.45) is 0. The monoisotopic (exact) mass is 281 g/mol. The second-order valence-corrected chi connectivity index (χ2v) is 4.07. The van der Waals surface area contributed by atoms with Crippen LogP contribution in [0.15, 0.2) is 33.9 Å². The smallest absolute Gasteiger partial charge is 0.335 e. The summed E-state index contributed by atoms with van der Waals surface area (Å²) >= 11 is 5.77. The molecule has 1 heterocycles. The van der Waals surface area contributed by atoms with Crippen molar-refractivity contribution in [2.24, 2.45) is 5.73 Å². The van der Waals surface area contributed by atoms with Gasteiger partial charge < -0.3 is 10.8 Å². The van der Waals surface area contributed by atoms with E-state index in [0.717, 1.165) is 4.57 Å². The van der Waals surface area contributed by atoms with Crippen molar-refractivity contribution in [3.63, 3.8) is 0 Å². The number of rotatable bonds is 2. The van der Waals surface area contributed by atoms with Crippen molar-refractivity contribution in [2.45, 2.75) is 0 Å². The molecule has 4 N–H and O–H groups in total. The molecule has 7 nitrogen and oxygen atoms in total. The first-order chi connectivity index (χ1) is 8.91. The summed E-state index contributed by atoms with van der Waals surface area (Å²) in [5.74, 6) is -1.97. The molecule has 0 radical (unpaired) electrons. The zero-order valence-electron chi connectivity index (χ0n) is 9.38. The average molecular weight is 282 g/mol. The Kier molecular flexibility index (Phi) is 3.14. The van der Waals surface area contributed by atoms with Crippen molar-refractivity contribution in [2.75, 3.05) is 0 Å². The Bertz CT molecular complexity index is 778. The molecular formula is C11H8ClN3O4. The van der Waals surface area contributed by atoms with Gasteiger partial charge in [0.15, 0.2) is 5.56 Å². The van der Waals surface area contributed by atoms with Crippen LogP contribution in [0.25, 0.3) is 5.69 Å². The van der Waals surface area contributed by atoms with Crippen LogP contribution in [0.2, 0.25) is 5.02 Å². The molecule has 0 bridgehead atoms. The molecule has 0 saturated heterocycles. The third-order valence-electron chi connectivity index (χ3n) is 2.40. The zero-order valence-corrected chi connectivity index (χ0v) is 10.1. The minimum absolute atomic E-state index is 0.189. The number of nitrogens with two attached hydrogens (primary N) is 1. The number of carbonyl (C=O) groups excluding carboxylic acids is 1. The van der Waals surface area contributed by atoms with E-state index >= 15 is 0 Å². The summed E-state index contributed by atoms with van der Waals surface area (Å²) < 4.78 is 0.730. The highest BCUT2D eigenvalue weighted by atomic mass is 35.5. The number of benzene rings is 1. The molecule has 0 unspecified atom stereocenters. The van der Waals surface area contributed by atoms with Crippen LogP contribution in [0.5, 0.6) is 5.88 Å². The molecule has 8 heteroatoms. The van der Waals surface area contributed by atoms with Crippen LogP contribution in [0.3, 0.4) is 0 Å². The highest BCUT2D eigenvalue weighted by Crippen LogP contribution is 2.18. The van der Waals surface area contributed by atoms with E-state index < -0.39 is 28.6 Å². The van der Waals surface area contributed by atoms with Crippen molar-refractivity contribution in [3.8, 4) is 11.6 Å². The quantitative estimate of drug-likeness (QED) is 0.717. The van der Waals surface area contributed by atoms with Crippen LogP contribution in [0.1, 0.15) is 10.4 Å². The maximum absolute atomic E-state index is 11.7. The Morgan fingerprint density at radius 1 is 1.37 bits per heavy atom. The minimum atomic E-state index is -1.14. The fourth-order valence-corrected chi connectivity index (χ4v) is 1.79. The van der Waals surface area contributed by atoms with Crippen molar-refractivity contribution in [1.29, 1.82) is 0 Å². The summed E-state index contributed by atoms with van der Waals surface area (Å²) in [4.78, 5) is 36.1. The van der Waals surface area contributed by atoms with Crippen LogP contribution in [0, 0.1) is 0 Å². The Morgan fingerprint density at radius 3 is 2.63 bits per heavy atom. The van der Waals surface area contributed by atoms with Gasteiger partial charge in [-0.25, -0.2) is 9.36 Å². The molecule has 2 aromatic rings. The van der Waals surface area contributed by atoms with E-state index in [4.69, 9.17) is 17.3 Å². The van der Waals surface area contributed by atoms with E-state index in [1.165, 1.54) is 12.1 Å². The largest absolute Gasteiger partial charge is 0.493 e. The SMILES string of the molecule is NC(=O)c1c(O)n(-c2cccc(Cl)c2)c(=O)[nH]c1=O. The standard InChI is InChI=1S/C11H8ClN3O4/c12-5-2-1-3-6(4-5)15-10(18)7(8(13)16)9(17)14-11(15)19/h1-4,18H,(H2,13,16)(H,14,17,19). The topological polar surface area (TPSA) is 118 Å². The van der Waals surface area contributed by atoms with Gasteiger partial charge in [0.25, 0.3) is 11.5 Å². The summed E-state index contributed by atoms with van der Waals surface area (Å²) in [5, 5.41) is 10.2. The fourth-order valence-electron chi connectivity index (χ4n) is 1.60. The van der Waals surface area contributed by atoms with Crippen molar-refractivity contribution < 1.29 is 9.90 Å². The lowest BCUT2D eigenvalue weighted by Crippen LogP contribution is -2.34. The van der Waals surface area contributed by atoms with E-state index in [1.807, 2.05) is 4.98 Å². The maximum Gasteiger partial charge on any atom is 0.335 e. The van der Waals surface area contributed by atoms with Crippen LogP contribution in [-0.4, -0.2) is 20.6 Å². The number of aromatic nitrogens is 2. The highest BCUT2D eigenvalue weighted by molar-refractivity contribution is 6.30. The molecule has 1 amide bonds. The van der Waals surface area contributed by atoms with Gasteiger partial charge >= 0.3 is 5.69 Å². The molecule has 0 spiro atoms. The summed E-state index contributed by atoms with van der Waals surface area (Å²) in [6.45, 7) is 0. The molecule has 2 rings (SSSR count). The first-order valence-corrected chi connectivity index (χ1v) is 5.43. The van der Waals surface area contributed by atoms with E-state index in [9.17, 15) is 19.5 Å². The van der Waals surface area contributed by atoms with Crippen LogP contribution in [-0.2, 0) is 0 Å². The molecule has 0 aliphatic rings. The normalized spacial score (nSPS) is 10.4. The molecule has 1 aromatic carbocycles. The summed E-state index contributed by atoms with van der Waals surface area (Å²) in [6, 6.07) is 5.95. The lowest BCUT2D eigenvalue weighted by molar-refractivity contribution is 0.0995. The minimum Gasteiger partial charge on any atom is -0.493 e. The van der Waals surface area contributed by atoms with Crippen LogP contribution < -0.4 is 17.0 Å². The molecule has 0 aliphatic heterocycles. The molecule has 98 valence electrons. The molecule has 0 aliphatic carbocycles. The van der Waals surface area contributed by atoms with Crippen molar-refractivity contribution >= 4 is 17.5 Å². The number of nitrogens with one attached hydrogen (secondary N) is 1. The van der Waals surface area contributed by atoms with Crippen molar-refractivity contribution in [3.05, 3.63) is 55.7 Å². The number of hydrogen-bond donors (Lipinski definition) is 3. The predicted octanol–water partition coefficient (Wildman–Crippen LogP) is -0.0163. The van der Waals surface area contributed by atoms with E-state index in [-0.39, 0.29) is 5.69 Å². The van der Waals surface area contributed by atoms with E-state index in [0.29, 0.717) is 5.02 Å². The fraction of sp³-hybridized carbons (Fsp3) is 0. The van der Waals surface area contributed by atoms with Gasteiger partial charge in [0.2, 0.25) is 5.88 Å². The number of aromatic hydroxyl groups is 1. The number of H-pyrrole nitrogens is 1. The third-order valence-corrected chi connectivity index (χ3v) is 2.63.